The fourth-order valence-corrected chi connectivity index (χ4v) is 10.6. The molecule has 0 radical (unpaired) electrons. The van der Waals surface area contributed by atoms with Crippen LogP contribution in [0.4, 0.5) is 4.79 Å². The lowest BCUT2D eigenvalue weighted by Gasteiger charge is -2.29. The maximum Gasteiger partial charge on any atom is 0.410 e. The van der Waals surface area contributed by atoms with E-state index in [-0.39, 0.29) is 50.6 Å². The van der Waals surface area contributed by atoms with E-state index in [1.165, 1.54) is 41.2 Å². The maximum absolute atomic E-state index is 14.6. The topological polar surface area (TPSA) is 216 Å². The summed E-state index contributed by atoms with van der Waals surface area (Å²) in [6, 6.07) is 6.73. The summed E-state index contributed by atoms with van der Waals surface area (Å²) in [5.74, 6) is -1.22. The van der Waals surface area contributed by atoms with Gasteiger partial charge in [-0.25, -0.2) is 21.6 Å². The third kappa shape index (κ3) is 8.01. The van der Waals surface area contributed by atoms with Crippen molar-refractivity contribution >= 4 is 43.9 Å². The highest BCUT2D eigenvalue weighted by Crippen LogP contribution is 2.46. The number of nitrogens with zero attached hydrogens (tertiary/aromatic N) is 2. The van der Waals surface area contributed by atoms with Gasteiger partial charge in [0.2, 0.25) is 38.7 Å². The van der Waals surface area contributed by atoms with Crippen LogP contribution in [0.3, 0.4) is 0 Å². The number of allylic oxidation sites excluding steroid dienone is 1. The first kappa shape index (κ1) is 39.0. The Morgan fingerprint density at radius 2 is 1.65 bits per heavy atom. The lowest BCUT2D eigenvalue weighted by molar-refractivity contribution is -0.141. The van der Waals surface area contributed by atoms with Crippen molar-refractivity contribution in [2.24, 2.45) is 5.92 Å². The molecule has 2 aliphatic carbocycles. The molecule has 4 aliphatic heterocycles. The summed E-state index contributed by atoms with van der Waals surface area (Å²) in [7, 11) is -6.74. The molecule has 3 fully saturated rings. The second kappa shape index (κ2) is 15.1. The number of rotatable bonds is 8. The Morgan fingerprint density at radius 3 is 2.32 bits per heavy atom. The van der Waals surface area contributed by atoms with E-state index in [2.05, 4.69) is 14.8 Å². The summed E-state index contributed by atoms with van der Waals surface area (Å²) in [5, 5.41) is 2.11. The minimum Gasteiger partial charge on any atom is -0.497 e. The average molecular weight is 828 g/mol. The third-order valence-electron chi connectivity index (χ3n) is 11.5. The van der Waals surface area contributed by atoms with Crippen LogP contribution in [-0.4, -0.2) is 99.9 Å². The fourth-order valence-electron chi connectivity index (χ4n) is 7.97. The monoisotopic (exact) mass is 827 g/mol. The van der Waals surface area contributed by atoms with Gasteiger partial charge in [-0.15, -0.1) is 0 Å². The predicted octanol–water partition coefficient (Wildman–Crippen LogP) is 2.20. The van der Waals surface area contributed by atoms with E-state index in [0.717, 1.165) is 11.1 Å². The highest BCUT2D eigenvalue weighted by atomic mass is 32.2. The smallest absolute Gasteiger partial charge is 0.410 e. The van der Waals surface area contributed by atoms with Gasteiger partial charge in [-0.05, 0) is 86.1 Å². The summed E-state index contributed by atoms with van der Waals surface area (Å²) >= 11 is 0. The summed E-state index contributed by atoms with van der Waals surface area (Å²) in [6.45, 7) is 0.339. The van der Waals surface area contributed by atoms with Crippen LogP contribution in [0, 0.1) is 5.92 Å². The van der Waals surface area contributed by atoms with Crippen LogP contribution in [0.2, 0.25) is 0 Å². The van der Waals surface area contributed by atoms with Crippen molar-refractivity contribution < 1.29 is 55.0 Å². The number of carbonyl (C=O) groups excluding carboxylic acids is 4. The third-order valence-corrected chi connectivity index (χ3v) is 14.8. The largest absolute Gasteiger partial charge is 0.497 e. The molecule has 19 heteroatoms. The van der Waals surface area contributed by atoms with Crippen LogP contribution in [0.1, 0.15) is 68.9 Å². The first-order chi connectivity index (χ1) is 27.3. The molecule has 3 N–H and O–H groups in total. The summed E-state index contributed by atoms with van der Waals surface area (Å²) < 4.78 is 79.8. The summed E-state index contributed by atoms with van der Waals surface area (Å²) in [6.07, 6.45) is 5.43. The molecule has 57 heavy (non-hydrogen) atoms. The molecule has 4 amide bonds. The molecule has 0 unspecified atom stereocenters. The lowest BCUT2D eigenvalue weighted by atomic mass is 10.1. The highest BCUT2D eigenvalue weighted by Gasteiger charge is 2.62. The Morgan fingerprint density at radius 1 is 0.947 bits per heavy atom. The van der Waals surface area contributed by atoms with Gasteiger partial charge in [0.25, 0.3) is 5.91 Å². The zero-order chi connectivity index (χ0) is 40.1. The van der Waals surface area contributed by atoms with E-state index < -0.39 is 78.8 Å². The molecule has 0 spiro atoms. The Labute approximate surface area is 330 Å². The van der Waals surface area contributed by atoms with Gasteiger partial charge < -0.3 is 29.2 Å². The molecule has 306 valence electrons. The first-order valence-electron chi connectivity index (χ1n) is 19.1. The van der Waals surface area contributed by atoms with Gasteiger partial charge >= 0.3 is 6.09 Å². The first-order valence-corrected chi connectivity index (χ1v) is 22.2. The zero-order valence-corrected chi connectivity index (χ0v) is 32.9. The summed E-state index contributed by atoms with van der Waals surface area (Å²) in [4.78, 5) is 58.8. The van der Waals surface area contributed by atoms with E-state index in [0.29, 0.717) is 55.8 Å². The highest BCUT2D eigenvalue weighted by molar-refractivity contribution is 7.91. The standard InChI is InChI=1S/C38H45N5O12S2/c1-52-26-9-11-28(12-10-26)56(48,49)40-30-8-6-4-2-3-5-7-25-18-38(25,36(46)41-57(50,51)29-13-14-29)39-34(44)31-17-27(21-43(31)35(30)45)55-37(47)42-19-23-15-32-33(54-22-53-32)16-24(23)20-42/h5,7,9-12,15-16,25,27,29-31,40H,2-4,6,8,13-14,17-22H2,1H3,(H,39,44)(H,41,46)/b7-5-/t25-,27-,30+,31+,38-/m1/s1. The Kier molecular flexibility index (Phi) is 10.3. The molecule has 0 bridgehead atoms. The number of hydrogen-bond donors (Lipinski definition) is 3. The Bertz CT molecular complexity index is 2180. The van der Waals surface area contributed by atoms with Crippen molar-refractivity contribution in [2.45, 2.75) is 105 Å². The number of benzene rings is 2. The number of methoxy groups -OCH3 is 1. The fraction of sp³-hybridized carbons (Fsp3) is 0.526. The molecular weight excluding hydrogens is 783 g/mol. The molecule has 0 aromatic heterocycles. The molecule has 6 aliphatic rings. The molecule has 17 nitrogen and oxygen atoms in total. The van der Waals surface area contributed by atoms with Gasteiger partial charge in [0, 0.05) is 25.4 Å². The molecule has 2 aromatic rings. The Hall–Kier alpha value is -4.88. The predicted molar refractivity (Wildman–Crippen MR) is 201 cm³/mol. The molecular formula is C38H45N5O12S2. The van der Waals surface area contributed by atoms with Crippen LogP contribution >= 0.6 is 0 Å². The molecule has 8 rings (SSSR count). The van der Waals surface area contributed by atoms with E-state index in [4.69, 9.17) is 18.9 Å². The van der Waals surface area contributed by atoms with Gasteiger partial charge in [0.1, 0.15) is 29.5 Å². The van der Waals surface area contributed by atoms with Crippen LogP contribution < -0.4 is 29.0 Å². The van der Waals surface area contributed by atoms with Crippen molar-refractivity contribution in [1.82, 2.24) is 24.6 Å². The van der Waals surface area contributed by atoms with E-state index in [9.17, 15) is 36.0 Å². The van der Waals surface area contributed by atoms with Crippen LogP contribution in [0.15, 0.2) is 53.4 Å². The minimum atomic E-state index is -4.25. The molecule has 4 heterocycles. The van der Waals surface area contributed by atoms with Gasteiger partial charge in [-0.2, -0.15) is 4.72 Å². The maximum atomic E-state index is 14.6. The second-order valence-corrected chi connectivity index (χ2v) is 19.1. The van der Waals surface area contributed by atoms with Crippen molar-refractivity contribution in [3.63, 3.8) is 0 Å². The number of nitrogens with one attached hydrogen (secondary N) is 3. The van der Waals surface area contributed by atoms with Crippen molar-refractivity contribution in [2.75, 3.05) is 20.4 Å². The molecule has 2 saturated carbocycles. The molecule has 2 aromatic carbocycles. The number of amides is 4. The minimum absolute atomic E-state index is 0.0940. The number of sulfonamides is 2. The van der Waals surface area contributed by atoms with Crippen LogP contribution in [-0.2, 0) is 52.3 Å². The molecule has 5 atom stereocenters. The van der Waals surface area contributed by atoms with Gasteiger partial charge in [0.15, 0.2) is 11.5 Å². The number of fused-ring (bicyclic) bond motifs is 4. The second-order valence-electron chi connectivity index (χ2n) is 15.4. The lowest BCUT2D eigenvalue weighted by Crippen LogP contribution is -2.58. The number of ether oxygens (including phenoxy) is 4. The summed E-state index contributed by atoms with van der Waals surface area (Å²) in [5.41, 5.74) is 0.123. The number of hydrogen-bond acceptors (Lipinski definition) is 12. The van der Waals surface area contributed by atoms with Gasteiger partial charge in [0.05, 0.1) is 23.8 Å². The van der Waals surface area contributed by atoms with E-state index in [1.54, 1.807) is 6.08 Å². The van der Waals surface area contributed by atoms with Crippen LogP contribution in [0.25, 0.3) is 0 Å². The van der Waals surface area contributed by atoms with Gasteiger partial charge in [-0.3, -0.25) is 24.0 Å². The quantitative estimate of drug-likeness (QED) is 0.327. The number of carbonyl (C=O) groups is 4. The van der Waals surface area contributed by atoms with Crippen molar-refractivity contribution in [3.05, 3.63) is 59.7 Å². The van der Waals surface area contributed by atoms with Crippen molar-refractivity contribution in [3.8, 4) is 17.2 Å². The van der Waals surface area contributed by atoms with Gasteiger partial charge in [-0.1, -0.05) is 25.0 Å². The molecule has 1 saturated heterocycles. The SMILES string of the molecule is COc1ccc(S(=O)(=O)N[C@H]2CCCCC/C=C\[C@@H]3C[C@@]3(C(=O)NS(=O)(=O)C3CC3)NC(=O)[C@@H]3C[C@@H](OC(=O)N4Cc5cc6c(cc5C4)OCO6)CN3C2=O)cc1. The van der Waals surface area contributed by atoms with E-state index in [1.807, 2.05) is 18.2 Å². The van der Waals surface area contributed by atoms with Crippen LogP contribution in [0.5, 0.6) is 17.2 Å². The van der Waals surface area contributed by atoms with Crippen molar-refractivity contribution in [1.29, 1.82) is 0 Å². The zero-order valence-electron chi connectivity index (χ0n) is 31.3. The van der Waals surface area contributed by atoms with E-state index >= 15 is 0 Å². The average Bonchev–Trinajstić information content (AvgIpc) is 4.00. The Balaban J connectivity index is 1.06. The normalized spacial score (nSPS) is 27.9.